The second-order valence-corrected chi connectivity index (χ2v) is 6.16. The van der Waals surface area contributed by atoms with Gasteiger partial charge >= 0.3 is 0 Å². The Hall–Kier alpha value is -0.540. The van der Waals surface area contributed by atoms with Crippen LogP contribution in [0.2, 0.25) is 10.0 Å². The first-order valence-electron chi connectivity index (χ1n) is 5.93. The minimum Gasteiger partial charge on any atom is -0.324 e. The summed E-state index contributed by atoms with van der Waals surface area (Å²) in [4.78, 5) is 0. The van der Waals surface area contributed by atoms with Crippen LogP contribution >= 0.6 is 39.1 Å². The highest BCUT2D eigenvalue weighted by atomic mass is 79.9. The van der Waals surface area contributed by atoms with Crippen LogP contribution in [0, 0.1) is 6.92 Å². The Bertz CT molecular complexity index is 599. The van der Waals surface area contributed by atoms with Crippen molar-refractivity contribution in [3.63, 3.8) is 0 Å². The summed E-state index contributed by atoms with van der Waals surface area (Å²) in [6.07, 6.45) is 0.654. The number of nitrogens with two attached hydrogens (primary N) is 1. The van der Waals surface area contributed by atoms with Crippen LogP contribution in [0.15, 0.2) is 40.9 Å². The summed E-state index contributed by atoms with van der Waals surface area (Å²) in [7, 11) is 0. The maximum Gasteiger partial charge on any atom is 0.0439 e. The molecule has 0 amide bonds. The highest BCUT2D eigenvalue weighted by Crippen LogP contribution is 2.30. The molecule has 4 heteroatoms. The predicted molar refractivity (Wildman–Crippen MR) is 86.0 cm³/mol. The summed E-state index contributed by atoms with van der Waals surface area (Å²) in [5.41, 5.74) is 9.50. The van der Waals surface area contributed by atoms with Gasteiger partial charge in [-0.15, -0.1) is 0 Å². The normalized spacial score (nSPS) is 12.5. The van der Waals surface area contributed by atoms with Gasteiger partial charge in [-0.25, -0.2) is 0 Å². The van der Waals surface area contributed by atoms with Gasteiger partial charge in [-0.05, 0) is 48.2 Å². The molecule has 2 aromatic carbocycles. The summed E-state index contributed by atoms with van der Waals surface area (Å²) >= 11 is 15.8. The molecule has 1 unspecified atom stereocenters. The highest BCUT2D eigenvalue weighted by Gasteiger charge is 2.13. The van der Waals surface area contributed by atoms with E-state index in [-0.39, 0.29) is 6.04 Å². The number of rotatable bonds is 3. The molecule has 0 aliphatic rings. The average molecular weight is 359 g/mol. The standard InChI is InChI=1S/C15H14BrCl2N/c1-9-3-2-4-12(15(9)16)14(19)8-10-7-11(17)5-6-13(10)18/h2-7,14H,8,19H2,1H3. The van der Waals surface area contributed by atoms with Crippen LogP contribution in [0.25, 0.3) is 0 Å². The fourth-order valence-electron chi connectivity index (χ4n) is 2.00. The fourth-order valence-corrected chi connectivity index (χ4v) is 2.95. The van der Waals surface area contributed by atoms with Crippen LogP contribution in [0.1, 0.15) is 22.7 Å². The van der Waals surface area contributed by atoms with Crippen molar-refractivity contribution in [1.29, 1.82) is 0 Å². The molecule has 1 nitrogen and oxygen atoms in total. The van der Waals surface area contributed by atoms with E-state index in [2.05, 4.69) is 15.9 Å². The van der Waals surface area contributed by atoms with Crippen molar-refractivity contribution in [1.82, 2.24) is 0 Å². The zero-order chi connectivity index (χ0) is 14.0. The molecule has 0 aliphatic carbocycles. The van der Waals surface area contributed by atoms with E-state index in [9.17, 15) is 0 Å². The van der Waals surface area contributed by atoms with Crippen molar-refractivity contribution in [2.45, 2.75) is 19.4 Å². The van der Waals surface area contributed by atoms with E-state index in [1.165, 1.54) is 5.56 Å². The van der Waals surface area contributed by atoms with Gasteiger partial charge < -0.3 is 5.73 Å². The first-order chi connectivity index (χ1) is 8.99. The predicted octanol–water partition coefficient (Wildman–Crippen LogP) is 5.31. The van der Waals surface area contributed by atoms with Crippen LogP contribution in [-0.2, 0) is 6.42 Å². The van der Waals surface area contributed by atoms with Crippen molar-refractivity contribution in [2.75, 3.05) is 0 Å². The van der Waals surface area contributed by atoms with Crippen LogP contribution in [-0.4, -0.2) is 0 Å². The highest BCUT2D eigenvalue weighted by molar-refractivity contribution is 9.10. The van der Waals surface area contributed by atoms with Crippen LogP contribution in [0.4, 0.5) is 0 Å². The Morgan fingerprint density at radius 1 is 1.21 bits per heavy atom. The third-order valence-corrected chi connectivity index (χ3v) is 4.76. The van der Waals surface area contributed by atoms with Crippen LogP contribution in [0.3, 0.4) is 0 Å². The summed E-state index contributed by atoms with van der Waals surface area (Å²) < 4.78 is 1.06. The molecule has 19 heavy (non-hydrogen) atoms. The zero-order valence-electron chi connectivity index (χ0n) is 10.5. The van der Waals surface area contributed by atoms with Crippen molar-refractivity contribution in [3.05, 3.63) is 67.6 Å². The van der Waals surface area contributed by atoms with Gasteiger partial charge in [0, 0.05) is 20.6 Å². The molecule has 0 spiro atoms. The topological polar surface area (TPSA) is 26.0 Å². The molecule has 0 saturated carbocycles. The van der Waals surface area contributed by atoms with E-state index in [0.717, 1.165) is 15.6 Å². The lowest BCUT2D eigenvalue weighted by Gasteiger charge is -2.16. The number of hydrogen-bond donors (Lipinski definition) is 1. The van der Waals surface area contributed by atoms with Gasteiger partial charge in [-0.3, -0.25) is 0 Å². The lowest BCUT2D eigenvalue weighted by Crippen LogP contribution is -2.14. The van der Waals surface area contributed by atoms with Gasteiger partial charge in [0.2, 0.25) is 0 Å². The number of benzene rings is 2. The second-order valence-electron chi connectivity index (χ2n) is 4.52. The molecule has 0 bridgehead atoms. The number of halogens is 3. The van der Waals surface area contributed by atoms with E-state index in [1.54, 1.807) is 12.1 Å². The van der Waals surface area contributed by atoms with Crippen molar-refractivity contribution < 1.29 is 0 Å². The molecule has 2 N–H and O–H groups in total. The monoisotopic (exact) mass is 357 g/mol. The van der Waals surface area contributed by atoms with E-state index in [0.29, 0.717) is 16.5 Å². The second kappa shape index (κ2) is 6.27. The van der Waals surface area contributed by atoms with E-state index < -0.39 is 0 Å². The largest absolute Gasteiger partial charge is 0.324 e. The average Bonchev–Trinajstić information content (AvgIpc) is 2.37. The molecule has 0 heterocycles. The van der Waals surface area contributed by atoms with Gasteiger partial charge in [0.15, 0.2) is 0 Å². The molecule has 1 atom stereocenters. The Morgan fingerprint density at radius 3 is 2.68 bits per heavy atom. The van der Waals surface area contributed by atoms with Crippen molar-refractivity contribution in [2.24, 2.45) is 5.73 Å². The molecule has 0 aliphatic heterocycles. The van der Waals surface area contributed by atoms with Gasteiger partial charge in [0.1, 0.15) is 0 Å². The summed E-state index contributed by atoms with van der Waals surface area (Å²) in [5, 5.41) is 1.37. The third kappa shape index (κ3) is 3.51. The quantitative estimate of drug-likeness (QED) is 0.790. The minimum atomic E-state index is -0.120. The van der Waals surface area contributed by atoms with Crippen molar-refractivity contribution in [3.8, 4) is 0 Å². The van der Waals surface area contributed by atoms with Gasteiger partial charge in [0.05, 0.1) is 0 Å². The third-order valence-electron chi connectivity index (χ3n) is 3.07. The summed E-state index contributed by atoms with van der Waals surface area (Å²) in [5.74, 6) is 0. The lowest BCUT2D eigenvalue weighted by molar-refractivity contribution is 0.717. The maximum absolute atomic E-state index is 6.28. The summed E-state index contributed by atoms with van der Waals surface area (Å²) in [6, 6.07) is 11.4. The first kappa shape index (κ1) is 14.9. The molecule has 0 saturated heterocycles. The van der Waals surface area contributed by atoms with Crippen molar-refractivity contribution >= 4 is 39.1 Å². The Labute approximate surface area is 131 Å². The van der Waals surface area contributed by atoms with Gasteiger partial charge in [-0.2, -0.15) is 0 Å². The minimum absolute atomic E-state index is 0.120. The summed E-state index contributed by atoms with van der Waals surface area (Å²) in [6.45, 7) is 2.05. The van der Waals surface area contributed by atoms with Crippen LogP contribution in [0.5, 0.6) is 0 Å². The smallest absolute Gasteiger partial charge is 0.0439 e. The molecular formula is C15H14BrCl2N. The molecule has 2 aromatic rings. The first-order valence-corrected chi connectivity index (χ1v) is 7.48. The number of aryl methyl sites for hydroxylation is 1. The molecule has 0 fully saturated rings. The van der Waals surface area contributed by atoms with Gasteiger partial charge in [-0.1, -0.05) is 57.3 Å². The lowest BCUT2D eigenvalue weighted by atomic mass is 9.98. The molecule has 2 rings (SSSR count). The Kier molecular flexibility index (Phi) is 4.91. The Morgan fingerprint density at radius 2 is 1.95 bits per heavy atom. The molecule has 0 aromatic heterocycles. The SMILES string of the molecule is Cc1cccc(C(N)Cc2cc(Cl)ccc2Cl)c1Br. The molecular weight excluding hydrogens is 345 g/mol. The molecule has 0 radical (unpaired) electrons. The van der Waals surface area contributed by atoms with Gasteiger partial charge in [0.25, 0.3) is 0 Å². The molecule has 100 valence electrons. The van der Waals surface area contributed by atoms with E-state index in [4.69, 9.17) is 28.9 Å². The van der Waals surface area contributed by atoms with E-state index >= 15 is 0 Å². The fraction of sp³-hybridized carbons (Fsp3) is 0.200. The van der Waals surface area contributed by atoms with E-state index in [1.807, 2.05) is 31.2 Å². The maximum atomic E-state index is 6.28. The Balaban J connectivity index is 2.28. The number of hydrogen-bond acceptors (Lipinski definition) is 1. The zero-order valence-corrected chi connectivity index (χ0v) is 13.6. The van der Waals surface area contributed by atoms with Crippen LogP contribution < -0.4 is 5.73 Å².